The van der Waals surface area contributed by atoms with E-state index in [2.05, 4.69) is 32.4 Å². The quantitative estimate of drug-likeness (QED) is 0.602. The first kappa shape index (κ1) is 21.2. The van der Waals surface area contributed by atoms with Gasteiger partial charge >= 0.3 is 6.18 Å². The second-order valence-corrected chi connectivity index (χ2v) is 7.29. The van der Waals surface area contributed by atoms with Crippen molar-refractivity contribution < 1.29 is 13.2 Å². The molecule has 1 fully saturated rings. The van der Waals surface area contributed by atoms with Gasteiger partial charge in [-0.1, -0.05) is 13.3 Å². The Balaban J connectivity index is 1.89. The molecule has 29 heavy (non-hydrogen) atoms. The summed E-state index contributed by atoms with van der Waals surface area (Å²) < 4.78 is 39.5. The zero-order valence-electron chi connectivity index (χ0n) is 16.7. The summed E-state index contributed by atoms with van der Waals surface area (Å²) in [6.45, 7) is 3.81. The van der Waals surface area contributed by atoms with Crippen molar-refractivity contribution in [2.75, 3.05) is 36.1 Å². The molecule has 0 amide bonds. The summed E-state index contributed by atoms with van der Waals surface area (Å²) in [5.74, 6) is 1.08. The average Bonchev–Trinajstić information content (AvgIpc) is 3.16. The minimum atomic E-state index is -4.52. The lowest BCUT2D eigenvalue weighted by molar-refractivity contribution is -0.136. The van der Waals surface area contributed by atoms with Crippen molar-refractivity contribution in [1.82, 2.24) is 15.3 Å². The van der Waals surface area contributed by atoms with Crippen molar-refractivity contribution in [2.45, 2.75) is 44.8 Å². The number of hydrogen-bond donors (Lipinski definition) is 3. The van der Waals surface area contributed by atoms with Gasteiger partial charge in [0, 0.05) is 42.3 Å². The third-order valence-corrected chi connectivity index (χ3v) is 5.09. The Morgan fingerprint density at radius 3 is 2.69 bits per heavy atom. The molecule has 6 nitrogen and oxygen atoms in total. The molecule has 1 saturated heterocycles. The van der Waals surface area contributed by atoms with Crippen molar-refractivity contribution in [3.05, 3.63) is 35.5 Å². The standard InChI is InChI=1S/C20H27F3N6/c1-3-4-5-13-11-18(29-9-8-15(12-29)25-2)28-19(26-13)27-14-6-7-17(24)16(10-14)20(21,22)23/h6-7,10-11,15,25H,3-5,8-9,12,24H2,1-2H3,(H,26,27,28)/t15-/m0/s1. The Hall–Kier alpha value is -2.55. The molecule has 1 aromatic heterocycles. The number of benzene rings is 1. The Morgan fingerprint density at radius 2 is 2.03 bits per heavy atom. The van der Waals surface area contributed by atoms with E-state index >= 15 is 0 Å². The van der Waals surface area contributed by atoms with Gasteiger partial charge in [0.25, 0.3) is 0 Å². The first-order valence-corrected chi connectivity index (χ1v) is 9.84. The molecule has 2 heterocycles. The highest BCUT2D eigenvalue weighted by Gasteiger charge is 2.33. The van der Waals surface area contributed by atoms with Gasteiger partial charge < -0.3 is 21.3 Å². The Kier molecular flexibility index (Phi) is 6.46. The van der Waals surface area contributed by atoms with E-state index in [4.69, 9.17) is 5.73 Å². The minimum absolute atomic E-state index is 0.250. The number of nitrogens with two attached hydrogens (primary N) is 1. The van der Waals surface area contributed by atoms with E-state index in [-0.39, 0.29) is 11.4 Å². The number of alkyl halides is 3. The molecule has 0 aliphatic carbocycles. The van der Waals surface area contributed by atoms with E-state index in [0.29, 0.717) is 12.0 Å². The van der Waals surface area contributed by atoms with Crippen molar-refractivity contribution in [3.8, 4) is 0 Å². The normalized spacial score (nSPS) is 17.0. The van der Waals surface area contributed by atoms with Gasteiger partial charge in [-0.3, -0.25) is 0 Å². The van der Waals surface area contributed by atoms with Crippen LogP contribution in [0.4, 0.5) is 36.3 Å². The lowest BCUT2D eigenvalue weighted by Gasteiger charge is -2.19. The highest BCUT2D eigenvalue weighted by Crippen LogP contribution is 2.35. The van der Waals surface area contributed by atoms with Crippen LogP contribution in [0.5, 0.6) is 0 Å². The number of aryl methyl sites for hydroxylation is 1. The number of nitrogen functional groups attached to an aromatic ring is 1. The van der Waals surface area contributed by atoms with Gasteiger partial charge in [0.15, 0.2) is 0 Å². The zero-order valence-corrected chi connectivity index (χ0v) is 16.7. The van der Waals surface area contributed by atoms with Gasteiger partial charge in [0.05, 0.1) is 5.56 Å². The number of anilines is 4. The number of hydrogen-bond acceptors (Lipinski definition) is 6. The van der Waals surface area contributed by atoms with Crippen LogP contribution < -0.4 is 21.3 Å². The third kappa shape index (κ3) is 5.29. The minimum Gasteiger partial charge on any atom is -0.398 e. The van der Waals surface area contributed by atoms with E-state index in [1.807, 2.05) is 13.1 Å². The van der Waals surface area contributed by atoms with Gasteiger partial charge in [-0.2, -0.15) is 18.2 Å². The van der Waals surface area contributed by atoms with Crippen molar-refractivity contribution >= 4 is 23.1 Å². The number of unbranched alkanes of at least 4 members (excludes halogenated alkanes) is 1. The molecule has 3 rings (SSSR count). The molecule has 1 aliphatic rings. The highest BCUT2D eigenvalue weighted by atomic mass is 19.4. The number of nitrogens with one attached hydrogen (secondary N) is 2. The predicted octanol–water partition coefficient (Wildman–Crippen LogP) is 3.96. The monoisotopic (exact) mass is 408 g/mol. The van der Waals surface area contributed by atoms with Crippen LogP contribution in [0.15, 0.2) is 24.3 Å². The van der Waals surface area contributed by atoms with Crippen LogP contribution >= 0.6 is 0 Å². The maximum Gasteiger partial charge on any atom is 0.418 e. The summed E-state index contributed by atoms with van der Waals surface area (Å²) in [5, 5.41) is 6.20. The van der Waals surface area contributed by atoms with Gasteiger partial charge in [-0.15, -0.1) is 0 Å². The van der Waals surface area contributed by atoms with Crippen LogP contribution in [0.2, 0.25) is 0 Å². The molecule has 0 unspecified atom stereocenters. The van der Waals surface area contributed by atoms with Crippen LogP contribution in [-0.2, 0) is 12.6 Å². The van der Waals surface area contributed by atoms with Gasteiger partial charge in [-0.25, -0.2) is 4.98 Å². The summed E-state index contributed by atoms with van der Waals surface area (Å²) in [5.41, 5.74) is 5.43. The van der Waals surface area contributed by atoms with E-state index < -0.39 is 11.7 Å². The fraction of sp³-hybridized carbons (Fsp3) is 0.500. The molecule has 1 aliphatic heterocycles. The number of nitrogens with zero attached hydrogens (tertiary/aromatic N) is 3. The Bertz CT molecular complexity index is 839. The van der Waals surface area contributed by atoms with E-state index in [9.17, 15) is 13.2 Å². The summed E-state index contributed by atoms with van der Waals surface area (Å²) >= 11 is 0. The maximum absolute atomic E-state index is 13.2. The third-order valence-electron chi connectivity index (χ3n) is 5.09. The number of likely N-dealkylation sites (N-methyl/N-ethyl adjacent to an activating group) is 1. The molecule has 0 spiro atoms. The number of rotatable bonds is 7. The SMILES string of the molecule is CCCCc1cc(N2CC[C@H](NC)C2)nc(Nc2ccc(N)c(C(F)(F)F)c2)n1. The Morgan fingerprint density at radius 1 is 1.24 bits per heavy atom. The van der Waals surface area contributed by atoms with Gasteiger partial charge in [-0.05, 0) is 44.5 Å². The molecule has 9 heteroatoms. The number of aromatic nitrogens is 2. The molecule has 0 saturated carbocycles. The molecule has 0 bridgehead atoms. The van der Waals surface area contributed by atoms with Crippen LogP contribution in [0.25, 0.3) is 0 Å². The first-order valence-electron chi connectivity index (χ1n) is 9.84. The molecule has 0 radical (unpaired) electrons. The second kappa shape index (κ2) is 8.86. The summed E-state index contributed by atoms with van der Waals surface area (Å²) in [6, 6.07) is 6.10. The fourth-order valence-corrected chi connectivity index (χ4v) is 3.40. The molecular formula is C20H27F3N6. The van der Waals surface area contributed by atoms with Crippen LogP contribution in [0, 0.1) is 0 Å². The van der Waals surface area contributed by atoms with Crippen molar-refractivity contribution in [3.63, 3.8) is 0 Å². The van der Waals surface area contributed by atoms with E-state index in [1.165, 1.54) is 12.1 Å². The lowest BCUT2D eigenvalue weighted by Crippen LogP contribution is -2.30. The van der Waals surface area contributed by atoms with Crippen molar-refractivity contribution in [1.29, 1.82) is 0 Å². The lowest BCUT2D eigenvalue weighted by atomic mass is 10.1. The van der Waals surface area contributed by atoms with Crippen molar-refractivity contribution in [2.24, 2.45) is 0 Å². The molecule has 2 aromatic rings. The molecule has 1 aromatic carbocycles. The number of halogens is 3. The summed E-state index contributed by atoms with van der Waals surface area (Å²) in [7, 11) is 1.94. The first-order chi connectivity index (χ1) is 13.8. The van der Waals surface area contributed by atoms with Gasteiger partial charge in [0.1, 0.15) is 5.82 Å². The largest absolute Gasteiger partial charge is 0.418 e. The van der Waals surface area contributed by atoms with Crippen LogP contribution in [0.3, 0.4) is 0 Å². The molecule has 158 valence electrons. The second-order valence-electron chi connectivity index (χ2n) is 7.29. The highest BCUT2D eigenvalue weighted by molar-refractivity contribution is 5.63. The average molecular weight is 408 g/mol. The topological polar surface area (TPSA) is 79.1 Å². The predicted molar refractivity (Wildman–Crippen MR) is 109 cm³/mol. The zero-order chi connectivity index (χ0) is 21.0. The fourth-order valence-electron chi connectivity index (χ4n) is 3.40. The molecular weight excluding hydrogens is 381 g/mol. The van der Waals surface area contributed by atoms with Crippen LogP contribution in [-0.4, -0.2) is 36.1 Å². The maximum atomic E-state index is 13.2. The molecule has 4 N–H and O–H groups in total. The summed E-state index contributed by atoms with van der Waals surface area (Å²) in [6.07, 6.45) is -0.704. The smallest absolute Gasteiger partial charge is 0.398 e. The summed E-state index contributed by atoms with van der Waals surface area (Å²) in [4.78, 5) is 11.3. The molecule has 1 atom stereocenters. The van der Waals surface area contributed by atoms with E-state index in [1.54, 1.807) is 0 Å². The Labute approximate surface area is 168 Å². The van der Waals surface area contributed by atoms with Gasteiger partial charge in [0.2, 0.25) is 5.95 Å². The van der Waals surface area contributed by atoms with Crippen LogP contribution in [0.1, 0.15) is 37.4 Å². The van der Waals surface area contributed by atoms with E-state index in [0.717, 1.165) is 56.4 Å².